The normalized spacial score (nSPS) is 12.6. The zero-order chi connectivity index (χ0) is 11.4. The highest BCUT2D eigenvalue weighted by atomic mass is 16.5. The Morgan fingerprint density at radius 3 is 2.33 bits per heavy atom. The quantitative estimate of drug-likeness (QED) is 0.824. The van der Waals surface area contributed by atoms with E-state index in [-0.39, 0.29) is 6.10 Å². The first-order chi connectivity index (χ1) is 7.13. The fraction of sp³-hybridized carbons (Fsp3) is 0.500. The molecule has 3 heteroatoms. The summed E-state index contributed by atoms with van der Waals surface area (Å²) in [6, 6.07) is 4.10. The van der Waals surface area contributed by atoms with Crippen molar-refractivity contribution in [3.8, 4) is 5.75 Å². The third-order valence-corrected chi connectivity index (χ3v) is 2.63. The zero-order valence-electron chi connectivity index (χ0n) is 9.83. The highest BCUT2D eigenvalue weighted by Crippen LogP contribution is 2.27. The second-order valence-corrected chi connectivity index (χ2v) is 3.64. The number of nitrogens with two attached hydrogens (primary N) is 1. The molecule has 1 atom stereocenters. The van der Waals surface area contributed by atoms with Gasteiger partial charge in [-0.3, -0.25) is 0 Å². The topological polar surface area (TPSA) is 44.5 Å². The summed E-state index contributed by atoms with van der Waals surface area (Å²) in [5.74, 6) is 0.906. The van der Waals surface area contributed by atoms with Gasteiger partial charge in [0.15, 0.2) is 0 Å². The Balaban J connectivity index is 3.14. The molecule has 0 spiro atoms. The lowest BCUT2D eigenvalue weighted by Gasteiger charge is -2.18. The molecule has 0 radical (unpaired) electrons. The molecule has 3 nitrogen and oxygen atoms in total. The molecular weight excluding hydrogens is 190 g/mol. The van der Waals surface area contributed by atoms with Gasteiger partial charge >= 0.3 is 0 Å². The number of hydrogen-bond acceptors (Lipinski definition) is 3. The molecule has 0 saturated carbocycles. The number of hydrogen-bond donors (Lipinski definition) is 1. The van der Waals surface area contributed by atoms with E-state index in [4.69, 9.17) is 15.2 Å². The van der Waals surface area contributed by atoms with Crippen LogP contribution in [0.5, 0.6) is 5.75 Å². The van der Waals surface area contributed by atoms with E-state index in [1.165, 1.54) is 0 Å². The largest absolute Gasteiger partial charge is 0.496 e. The molecule has 2 N–H and O–H groups in total. The minimum absolute atomic E-state index is 0.0328. The van der Waals surface area contributed by atoms with Crippen LogP contribution in [0.2, 0.25) is 0 Å². The van der Waals surface area contributed by atoms with Crippen molar-refractivity contribution in [2.75, 3.05) is 20.8 Å². The fourth-order valence-electron chi connectivity index (χ4n) is 1.73. The number of rotatable bonds is 4. The van der Waals surface area contributed by atoms with Crippen molar-refractivity contribution in [3.63, 3.8) is 0 Å². The monoisotopic (exact) mass is 209 g/mol. The number of methoxy groups -OCH3 is 2. The molecule has 1 unspecified atom stereocenters. The lowest BCUT2D eigenvalue weighted by Crippen LogP contribution is -2.15. The van der Waals surface area contributed by atoms with Gasteiger partial charge in [-0.05, 0) is 42.7 Å². The van der Waals surface area contributed by atoms with Crippen LogP contribution in [0.1, 0.15) is 22.8 Å². The van der Waals surface area contributed by atoms with Gasteiger partial charge in [0.25, 0.3) is 0 Å². The molecule has 0 saturated heterocycles. The van der Waals surface area contributed by atoms with E-state index in [1.54, 1.807) is 14.2 Å². The van der Waals surface area contributed by atoms with E-state index < -0.39 is 0 Å². The van der Waals surface area contributed by atoms with Gasteiger partial charge in [-0.2, -0.15) is 0 Å². The number of aryl methyl sites for hydroxylation is 2. The minimum Gasteiger partial charge on any atom is -0.496 e. The highest BCUT2D eigenvalue weighted by Gasteiger charge is 2.13. The third-order valence-electron chi connectivity index (χ3n) is 2.63. The average molecular weight is 209 g/mol. The molecule has 15 heavy (non-hydrogen) atoms. The third kappa shape index (κ3) is 2.49. The molecule has 1 aromatic rings. The first-order valence-electron chi connectivity index (χ1n) is 5.02. The van der Waals surface area contributed by atoms with Gasteiger partial charge in [0, 0.05) is 13.7 Å². The van der Waals surface area contributed by atoms with Crippen LogP contribution in [0.3, 0.4) is 0 Å². The fourth-order valence-corrected chi connectivity index (χ4v) is 1.73. The summed E-state index contributed by atoms with van der Waals surface area (Å²) in [6.45, 7) is 4.55. The van der Waals surface area contributed by atoms with Gasteiger partial charge in [0.1, 0.15) is 5.75 Å². The second kappa shape index (κ2) is 5.14. The highest BCUT2D eigenvalue weighted by molar-refractivity contribution is 5.42. The van der Waals surface area contributed by atoms with Crippen LogP contribution >= 0.6 is 0 Å². The molecule has 1 rings (SSSR count). The maximum absolute atomic E-state index is 5.65. The molecule has 0 heterocycles. The molecule has 0 aliphatic heterocycles. The molecule has 0 aliphatic carbocycles. The van der Waals surface area contributed by atoms with Crippen molar-refractivity contribution in [1.82, 2.24) is 0 Å². The van der Waals surface area contributed by atoms with E-state index in [2.05, 4.69) is 6.07 Å². The first-order valence-corrected chi connectivity index (χ1v) is 5.02. The van der Waals surface area contributed by atoms with E-state index in [0.717, 1.165) is 22.4 Å². The molecule has 84 valence electrons. The lowest BCUT2D eigenvalue weighted by atomic mass is 10.00. The Bertz CT molecular complexity index is 333. The van der Waals surface area contributed by atoms with Crippen LogP contribution in [-0.2, 0) is 4.74 Å². The Morgan fingerprint density at radius 1 is 1.20 bits per heavy atom. The molecule has 0 fully saturated rings. The summed E-state index contributed by atoms with van der Waals surface area (Å²) >= 11 is 0. The SMILES string of the molecule is COc1cc(C)c(C(CN)OC)cc1C. The van der Waals surface area contributed by atoms with Gasteiger partial charge in [0.05, 0.1) is 13.2 Å². The van der Waals surface area contributed by atoms with Crippen molar-refractivity contribution >= 4 is 0 Å². The number of benzene rings is 1. The van der Waals surface area contributed by atoms with Crippen LogP contribution in [0.15, 0.2) is 12.1 Å². The maximum atomic E-state index is 5.65. The number of ether oxygens (including phenoxy) is 2. The van der Waals surface area contributed by atoms with Gasteiger partial charge in [-0.15, -0.1) is 0 Å². The van der Waals surface area contributed by atoms with Crippen LogP contribution in [0.25, 0.3) is 0 Å². The summed E-state index contributed by atoms with van der Waals surface area (Å²) in [5, 5.41) is 0. The summed E-state index contributed by atoms with van der Waals surface area (Å²) in [4.78, 5) is 0. The molecular formula is C12H19NO2. The van der Waals surface area contributed by atoms with E-state index in [0.29, 0.717) is 6.54 Å². The van der Waals surface area contributed by atoms with Gasteiger partial charge in [0.2, 0.25) is 0 Å². The van der Waals surface area contributed by atoms with Gasteiger partial charge in [-0.25, -0.2) is 0 Å². The summed E-state index contributed by atoms with van der Waals surface area (Å²) in [7, 11) is 3.36. The molecule has 1 aromatic carbocycles. The molecule has 0 aliphatic rings. The zero-order valence-corrected chi connectivity index (χ0v) is 9.83. The van der Waals surface area contributed by atoms with E-state index >= 15 is 0 Å². The smallest absolute Gasteiger partial charge is 0.122 e. The lowest BCUT2D eigenvalue weighted by molar-refractivity contribution is 0.110. The molecule has 0 amide bonds. The average Bonchev–Trinajstić information content (AvgIpc) is 2.24. The summed E-state index contributed by atoms with van der Waals surface area (Å²) in [5.41, 5.74) is 9.04. The molecule has 0 bridgehead atoms. The van der Waals surface area contributed by atoms with Crippen LogP contribution in [0, 0.1) is 13.8 Å². The summed E-state index contributed by atoms with van der Waals surface area (Å²) in [6.07, 6.45) is -0.0328. The van der Waals surface area contributed by atoms with Gasteiger partial charge < -0.3 is 15.2 Å². The van der Waals surface area contributed by atoms with Gasteiger partial charge in [-0.1, -0.05) is 0 Å². The molecule has 0 aromatic heterocycles. The van der Waals surface area contributed by atoms with Crippen LogP contribution in [-0.4, -0.2) is 20.8 Å². The van der Waals surface area contributed by atoms with Crippen LogP contribution < -0.4 is 10.5 Å². The first kappa shape index (κ1) is 12.0. The van der Waals surface area contributed by atoms with Crippen LogP contribution in [0.4, 0.5) is 0 Å². The Morgan fingerprint density at radius 2 is 1.87 bits per heavy atom. The minimum atomic E-state index is -0.0328. The Labute approximate surface area is 91.2 Å². The van der Waals surface area contributed by atoms with Crippen molar-refractivity contribution in [1.29, 1.82) is 0 Å². The second-order valence-electron chi connectivity index (χ2n) is 3.64. The Hall–Kier alpha value is -1.06. The van der Waals surface area contributed by atoms with Crippen molar-refractivity contribution in [3.05, 3.63) is 28.8 Å². The van der Waals surface area contributed by atoms with Crippen molar-refractivity contribution in [2.24, 2.45) is 5.73 Å². The maximum Gasteiger partial charge on any atom is 0.122 e. The van der Waals surface area contributed by atoms with Crippen molar-refractivity contribution < 1.29 is 9.47 Å². The van der Waals surface area contributed by atoms with E-state index in [9.17, 15) is 0 Å². The van der Waals surface area contributed by atoms with Crippen molar-refractivity contribution in [2.45, 2.75) is 20.0 Å². The Kier molecular flexibility index (Phi) is 4.12. The summed E-state index contributed by atoms with van der Waals surface area (Å²) < 4.78 is 10.6. The predicted molar refractivity (Wildman–Crippen MR) is 61.3 cm³/mol. The van der Waals surface area contributed by atoms with E-state index in [1.807, 2.05) is 19.9 Å². The predicted octanol–water partition coefficient (Wildman–Crippen LogP) is 1.96. The standard InChI is InChI=1S/C12H19NO2/c1-8-6-11(14-3)9(2)5-10(8)12(7-13)15-4/h5-6,12H,7,13H2,1-4H3.